The molecule has 0 fully saturated rings. The summed E-state index contributed by atoms with van der Waals surface area (Å²) in [6.07, 6.45) is 1.84. The first kappa shape index (κ1) is 11.9. The highest BCUT2D eigenvalue weighted by Gasteiger charge is 2.13. The quantitative estimate of drug-likeness (QED) is 0.733. The van der Waals surface area contributed by atoms with Gasteiger partial charge in [-0.25, -0.2) is 0 Å². The van der Waals surface area contributed by atoms with Crippen LogP contribution in [0.2, 0.25) is 0 Å². The smallest absolute Gasteiger partial charge is 0.0650 e. The summed E-state index contributed by atoms with van der Waals surface area (Å²) in [5, 5.41) is 8.13. The molecule has 0 atom stereocenters. The lowest BCUT2D eigenvalue weighted by Crippen LogP contribution is -2.28. The third kappa shape index (κ3) is 2.25. The molecule has 2 aromatic carbocycles. The highest BCUT2D eigenvalue weighted by Crippen LogP contribution is 2.25. The second-order valence-corrected chi connectivity index (χ2v) is 5.47. The highest BCUT2D eigenvalue weighted by atomic mass is 15.1. The lowest BCUT2D eigenvalue weighted by molar-refractivity contribution is 0.554. The number of benzene rings is 2. The maximum Gasteiger partial charge on any atom is 0.0650 e. The summed E-state index contributed by atoms with van der Waals surface area (Å²) >= 11 is 0. The second-order valence-electron chi connectivity index (χ2n) is 5.47. The van der Waals surface area contributed by atoms with Crippen molar-refractivity contribution in [2.24, 2.45) is 5.73 Å². The molecule has 1 aromatic heterocycles. The van der Waals surface area contributed by atoms with E-state index in [0.29, 0.717) is 0 Å². The van der Waals surface area contributed by atoms with Crippen LogP contribution < -0.4 is 5.73 Å². The van der Waals surface area contributed by atoms with Gasteiger partial charge in [0.1, 0.15) is 0 Å². The first-order chi connectivity index (χ1) is 9.04. The molecule has 0 saturated carbocycles. The van der Waals surface area contributed by atoms with E-state index in [-0.39, 0.29) is 5.54 Å². The molecule has 3 nitrogen and oxygen atoms in total. The van der Waals surface area contributed by atoms with Crippen molar-refractivity contribution < 1.29 is 0 Å². The summed E-state index contributed by atoms with van der Waals surface area (Å²) in [5.74, 6) is 0. The Morgan fingerprint density at radius 2 is 1.68 bits per heavy atom. The minimum atomic E-state index is -0.299. The number of nitrogens with one attached hydrogen (secondary N) is 1. The third-order valence-corrected chi connectivity index (χ3v) is 3.40. The zero-order valence-electron chi connectivity index (χ0n) is 11.1. The SMILES string of the molecule is CC(C)(N)c1ccc(-c2ccc3[nH]ncc3c2)cc1. The van der Waals surface area contributed by atoms with Gasteiger partial charge in [0.25, 0.3) is 0 Å². The number of aromatic nitrogens is 2. The van der Waals surface area contributed by atoms with Gasteiger partial charge in [0.15, 0.2) is 0 Å². The van der Waals surface area contributed by atoms with Crippen molar-refractivity contribution in [1.29, 1.82) is 0 Å². The minimum absolute atomic E-state index is 0.299. The van der Waals surface area contributed by atoms with E-state index in [1.165, 1.54) is 11.1 Å². The summed E-state index contributed by atoms with van der Waals surface area (Å²) in [4.78, 5) is 0. The molecule has 0 radical (unpaired) electrons. The number of fused-ring (bicyclic) bond motifs is 1. The van der Waals surface area contributed by atoms with Crippen molar-refractivity contribution in [3.8, 4) is 11.1 Å². The van der Waals surface area contributed by atoms with Crippen LogP contribution in [0, 0.1) is 0 Å². The van der Waals surface area contributed by atoms with Gasteiger partial charge in [-0.05, 0) is 42.7 Å². The van der Waals surface area contributed by atoms with Crippen LogP contribution in [-0.2, 0) is 5.54 Å². The Bertz CT molecular complexity index is 703. The zero-order valence-corrected chi connectivity index (χ0v) is 11.1. The van der Waals surface area contributed by atoms with Crippen molar-refractivity contribution in [2.45, 2.75) is 19.4 Å². The van der Waals surface area contributed by atoms with Crippen molar-refractivity contribution in [2.75, 3.05) is 0 Å². The molecule has 0 aliphatic rings. The summed E-state index contributed by atoms with van der Waals surface area (Å²) in [6, 6.07) is 14.7. The van der Waals surface area contributed by atoms with Crippen molar-refractivity contribution in [1.82, 2.24) is 10.2 Å². The number of H-pyrrole nitrogens is 1. The topological polar surface area (TPSA) is 54.7 Å². The molecule has 3 heteroatoms. The van der Waals surface area contributed by atoms with Crippen LogP contribution >= 0.6 is 0 Å². The van der Waals surface area contributed by atoms with Gasteiger partial charge in [-0.2, -0.15) is 5.10 Å². The molecule has 1 heterocycles. The van der Waals surface area contributed by atoms with E-state index in [2.05, 4.69) is 52.7 Å². The molecule has 0 saturated heterocycles. The number of nitrogens with two attached hydrogens (primary N) is 1. The van der Waals surface area contributed by atoms with E-state index in [9.17, 15) is 0 Å². The number of rotatable bonds is 2. The van der Waals surface area contributed by atoms with Gasteiger partial charge in [-0.3, -0.25) is 5.10 Å². The van der Waals surface area contributed by atoms with Gasteiger partial charge in [-0.1, -0.05) is 30.3 Å². The van der Waals surface area contributed by atoms with Gasteiger partial charge in [-0.15, -0.1) is 0 Å². The maximum atomic E-state index is 6.09. The Hall–Kier alpha value is -2.13. The van der Waals surface area contributed by atoms with E-state index < -0.39 is 0 Å². The summed E-state index contributed by atoms with van der Waals surface area (Å²) in [6.45, 7) is 4.03. The van der Waals surface area contributed by atoms with Gasteiger partial charge >= 0.3 is 0 Å². The van der Waals surface area contributed by atoms with Crippen LogP contribution in [0.1, 0.15) is 19.4 Å². The Balaban J connectivity index is 2.01. The normalized spacial score (nSPS) is 11.9. The Kier molecular flexibility index (Phi) is 2.64. The van der Waals surface area contributed by atoms with Crippen LogP contribution in [0.4, 0.5) is 0 Å². The molecular formula is C16H17N3. The second kappa shape index (κ2) is 4.21. The first-order valence-corrected chi connectivity index (χ1v) is 6.37. The Morgan fingerprint density at radius 3 is 2.37 bits per heavy atom. The lowest BCUT2D eigenvalue weighted by Gasteiger charge is -2.19. The van der Waals surface area contributed by atoms with Crippen molar-refractivity contribution in [3.05, 3.63) is 54.2 Å². The summed E-state index contributed by atoms with van der Waals surface area (Å²) < 4.78 is 0. The van der Waals surface area contributed by atoms with Crippen LogP contribution in [0.15, 0.2) is 48.7 Å². The molecule has 0 amide bonds. The van der Waals surface area contributed by atoms with Gasteiger partial charge in [0, 0.05) is 10.9 Å². The predicted molar refractivity (Wildman–Crippen MR) is 78.7 cm³/mol. The molecular weight excluding hydrogens is 234 g/mol. The number of nitrogens with zero attached hydrogens (tertiary/aromatic N) is 1. The molecule has 0 spiro atoms. The van der Waals surface area contributed by atoms with E-state index in [1.807, 2.05) is 20.0 Å². The standard InChI is InChI=1S/C16H17N3/c1-16(2,17)14-6-3-11(4-7-14)12-5-8-15-13(9-12)10-18-19-15/h3-10H,17H2,1-2H3,(H,18,19). The average molecular weight is 251 g/mol. The van der Waals surface area contributed by atoms with E-state index in [4.69, 9.17) is 5.73 Å². The van der Waals surface area contributed by atoms with Crippen molar-refractivity contribution in [3.63, 3.8) is 0 Å². The largest absolute Gasteiger partial charge is 0.322 e. The highest BCUT2D eigenvalue weighted by molar-refractivity contribution is 5.83. The molecule has 0 unspecified atom stereocenters. The van der Waals surface area contributed by atoms with Crippen LogP contribution in [0.3, 0.4) is 0 Å². The van der Waals surface area contributed by atoms with Crippen LogP contribution in [0.5, 0.6) is 0 Å². The average Bonchev–Trinajstić information content (AvgIpc) is 2.85. The van der Waals surface area contributed by atoms with Crippen molar-refractivity contribution >= 4 is 10.9 Å². The monoisotopic (exact) mass is 251 g/mol. The molecule has 0 aliphatic carbocycles. The van der Waals surface area contributed by atoms with Crippen LogP contribution in [0.25, 0.3) is 22.0 Å². The Labute approximate surface area is 112 Å². The Morgan fingerprint density at radius 1 is 1.00 bits per heavy atom. The summed E-state index contributed by atoms with van der Waals surface area (Å²) in [7, 11) is 0. The molecule has 3 rings (SSSR count). The van der Waals surface area contributed by atoms with E-state index in [1.54, 1.807) is 0 Å². The molecule has 3 N–H and O–H groups in total. The lowest BCUT2D eigenvalue weighted by atomic mass is 9.93. The number of hydrogen-bond acceptors (Lipinski definition) is 2. The zero-order chi connectivity index (χ0) is 13.5. The number of hydrogen-bond donors (Lipinski definition) is 2. The molecule has 19 heavy (non-hydrogen) atoms. The number of aromatic amines is 1. The predicted octanol–water partition coefficient (Wildman–Crippen LogP) is 3.42. The fourth-order valence-corrected chi connectivity index (χ4v) is 2.21. The third-order valence-electron chi connectivity index (χ3n) is 3.40. The first-order valence-electron chi connectivity index (χ1n) is 6.37. The fraction of sp³-hybridized carbons (Fsp3) is 0.188. The fourth-order valence-electron chi connectivity index (χ4n) is 2.21. The van der Waals surface area contributed by atoms with Gasteiger partial charge in [0.2, 0.25) is 0 Å². The van der Waals surface area contributed by atoms with Gasteiger partial charge in [0.05, 0.1) is 11.7 Å². The van der Waals surface area contributed by atoms with E-state index >= 15 is 0 Å². The van der Waals surface area contributed by atoms with Gasteiger partial charge < -0.3 is 5.73 Å². The van der Waals surface area contributed by atoms with E-state index in [0.717, 1.165) is 16.5 Å². The maximum absolute atomic E-state index is 6.09. The molecule has 3 aromatic rings. The summed E-state index contributed by atoms with van der Waals surface area (Å²) in [5.41, 5.74) is 10.4. The minimum Gasteiger partial charge on any atom is -0.322 e. The molecule has 96 valence electrons. The molecule has 0 aliphatic heterocycles. The molecule has 0 bridgehead atoms. The van der Waals surface area contributed by atoms with Crippen LogP contribution in [-0.4, -0.2) is 10.2 Å².